The Morgan fingerprint density at radius 1 is 1.04 bits per heavy atom. The fraction of sp³-hybridized carbons (Fsp3) is 0.571. The third-order valence-corrected chi connectivity index (χ3v) is 4.01. The molecule has 1 unspecified atom stereocenters. The van der Waals surface area contributed by atoms with Gasteiger partial charge >= 0.3 is 5.97 Å². The highest BCUT2D eigenvalue weighted by molar-refractivity contribution is 5.71. The minimum Gasteiger partial charge on any atom is -0.466 e. The molecule has 0 aliphatic heterocycles. The monoisotopic (exact) mass is 316 g/mol. The molecule has 0 fully saturated rings. The standard InChI is InChI=1S/C21H32O2/c1-3-5-6-7-8-9-10-12-17-20(18-21(22)23-4-2)19-15-13-11-14-16-19/h11-17,20H,3-10,18H2,1-2H3/b17-12+. The minimum atomic E-state index is -0.120. The Kier molecular flexibility index (Phi) is 10.9. The van der Waals surface area contributed by atoms with Crippen LogP contribution in [0.25, 0.3) is 0 Å². The average Bonchev–Trinajstić information content (AvgIpc) is 2.57. The van der Waals surface area contributed by atoms with Gasteiger partial charge in [0.2, 0.25) is 0 Å². The highest BCUT2D eigenvalue weighted by Crippen LogP contribution is 2.22. The van der Waals surface area contributed by atoms with Crippen LogP contribution in [0.1, 0.15) is 76.7 Å². The zero-order chi connectivity index (χ0) is 16.8. The third-order valence-electron chi connectivity index (χ3n) is 4.01. The summed E-state index contributed by atoms with van der Waals surface area (Å²) in [6, 6.07) is 10.2. The summed E-state index contributed by atoms with van der Waals surface area (Å²) in [6.45, 7) is 4.54. The van der Waals surface area contributed by atoms with Crippen LogP contribution in [0.15, 0.2) is 42.5 Å². The number of carbonyl (C=O) groups excluding carboxylic acids is 1. The van der Waals surface area contributed by atoms with Crippen molar-refractivity contribution >= 4 is 5.97 Å². The highest BCUT2D eigenvalue weighted by atomic mass is 16.5. The second-order valence-corrected chi connectivity index (χ2v) is 6.01. The SMILES string of the molecule is CCCCCCCC/C=C/C(CC(=O)OCC)c1ccccc1. The van der Waals surface area contributed by atoms with Crippen molar-refractivity contribution in [1.82, 2.24) is 0 Å². The Hall–Kier alpha value is -1.57. The summed E-state index contributed by atoms with van der Waals surface area (Å²) in [5.74, 6) is 0.000843. The molecule has 0 heterocycles. The van der Waals surface area contributed by atoms with Crippen LogP contribution in [0.2, 0.25) is 0 Å². The number of carbonyl (C=O) groups is 1. The van der Waals surface area contributed by atoms with Gasteiger partial charge in [-0.3, -0.25) is 4.79 Å². The van der Waals surface area contributed by atoms with Gasteiger partial charge in [0.15, 0.2) is 0 Å². The number of unbranched alkanes of at least 4 members (excludes halogenated alkanes) is 6. The number of hydrogen-bond acceptors (Lipinski definition) is 2. The molecule has 2 heteroatoms. The molecule has 2 nitrogen and oxygen atoms in total. The smallest absolute Gasteiger partial charge is 0.306 e. The molecule has 0 aliphatic carbocycles. The lowest BCUT2D eigenvalue weighted by Crippen LogP contribution is -2.09. The fourth-order valence-corrected chi connectivity index (χ4v) is 2.70. The van der Waals surface area contributed by atoms with E-state index in [-0.39, 0.29) is 11.9 Å². The predicted octanol–water partition coefficient (Wildman–Crippen LogP) is 6.03. The summed E-state index contributed by atoms with van der Waals surface area (Å²) in [5.41, 5.74) is 1.18. The number of rotatable bonds is 12. The van der Waals surface area contributed by atoms with Gasteiger partial charge in [-0.15, -0.1) is 0 Å². The molecule has 1 atom stereocenters. The van der Waals surface area contributed by atoms with Crippen molar-refractivity contribution < 1.29 is 9.53 Å². The molecule has 0 spiro atoms. The van der Waals surface area contributed by atoms with E-state index >= 15 is 0 Å². The van der Waals surface area contributed by atoms with Crippen LogP contribution >= 0.6 is 0 Å². The number of hydrogen-bond donors (Lipinski definition) is 0. The van der Waals surface area contributed by atoms with Crippen molar-refractivity contribution in [2.45, 2.75) is 71.1 Å². The van der Waals surface area contributed by atoms with E-state index in [2.05, 4.69) is 31.2 Å². The molecule has 23 heavy (non-hydrogen) atoms. The van der Waals surface area contributed by atoms with E-state index in [4.69, 9.17) is 4.74 Å². The second kappa shape index (κ2) is 12.9. The lowest BCUT2D eigenvalue weighted by Gasteiger charge is -2.12. The Morgan fingerprint density at radius 3 is 2.43 bits per heavy atom. The molecule has 0 saturated heterocycles. The van der Waals surface area contributed by atoms with Crippen molar-refractivity contribution in [3.63, 3.8) is 0 Å². The van der Waals surface area contributed by atoms with E-state index in [1.807, 2.05) is 25.1 Å². The third kappa shape index (κ3) is 9.22. The molecule has 128 valence electrons. The molecule has 0 radical (unpaired) electrons. The van der Waals surface area contributed by atoms with Crippen molar-refractivity contribution in [1.29, 1.82) is 0 Å². The first-order valence-corrected chi connectivity index (χ1v) is 9.15. The summed E-state index contributed by atoms with van der Waals surface area (Å²) in [5, 5.41) is 0. The molecule has 0 amide bonds. The van der Waals surface area contributed by atoms with Gasteiger partial charge < -0.3 is 4.74 Å². The lowest BCUT2D eigenvalue weighted by molar-refractivity contribution is -0.143. The van der Waals surface area contributed by atoms with E-state index in [0.29, 0.717) is 13.0 Å². The van der Waals surface area contributed by atoms with Gasteiger partial charge in [-0.05, 0) is 25.3 Å². The molecule has 0 N–H and O–H groups in total. The number of ether oxygens (including phenoxy) is 1. The van der Waals surface area contributed by atoms with Gasteiger partial charge in [0, 0.05) is 5.92 Å². The van der Waals surface area contributed by atoms with E-state index in [9.17, 15) is 4.79 Å². The first-order valence-electron chi connectivity index (χ1n) is 9.15. The zero-order valence-corrected chi connectivity index (χ0v) is 14.8. The zero-order valence-electron chi connectivity index (χ0n) is 14.8. The Morgan fingerprint density at radius 2 is 1.74 bits per heavy atom. The first-order chi connectivity index (χ1) is 11.3. The van der Waals surface area contributed by atoms with Gasteiger partial charge in [-0.1, -0.05) is 81.5 Å². The van der Waals surface area contributed by atoms with E-state index in [0.717, 1.165) is 6.42 Å². The fourth-order valence-electron chi connectivity index (χ4n) is 2.70. The number of benzene rings is 1. The minimum absolute atomic E-state index is 0.120. The van der Waals surface area contributed by atoms with E-state index < -0.39 is 0 Å². The van der Waals surface area contributed by atoms with Crippen molar-refractivity contribution in [3.05, 3.63) is 48.0 Å². The highest BCUT2D eigenvalue weighted by Gasteiger charge is 2.13. The quantitative estimate of drug-likeness (QED) is 0.267. The topological polar surface area (TPSA) is 26.3 Å². The Labute approximate surface area is 141 Å². The van der Waals surface area contributed by atoms with Crippen LogP contribution in [0, 0.1) is 0 Å². The van der Waals surface area contributed by atoms with Crippen LogP contribution in [0.5, 0.6) is 0 Å². The summed E-state index contributed by atoms with van der Waals surface area (Å²) >= 11 is 0. The van der Waals surface area contributed by atoms with Crippen LogP contribution in [-0.4, -0.2) is 12.6 Å². The van der Waals surface area contributed by atoms with Gasteiger partial charge in [0.05, 0.1) is 13.0 Å². The maximum atomic E-state index is 11.8. The summed E-state index contributed by atoms with van der Waals surface area (Å²) in [6.07, 6.45) is 13.8. The number of esters is 1. The Bertz CT molecular complexity index is 436. The van der Waals surface area contributed by atoms with Gasteiger partial charge in [-0.25, -0.2) is 0 Å². The molecule has 1 aromatic rings. The molecular formula is C21H32O2. The molecule has 0 bridgehead atoms. The van der Waals surface area contributed by atoms with Gasteiger partial charge in [-0.2, -0.15) is 0 Å². The van der Waals surface area contributed by atoms with E-state index in [1.54, 1.807) is 0 Å². The maximum absolute atomic E-state index is 11.8. The molecule has 1 aromatic carbocycles. The normalized spacial score (nSPS) is 12.4. The molecule has 0 aromatic heterocycles. The van der Waals surface area contributed by atoms with Crippen LogP contribution in [-0.2, 0) is 9.53 Å². The van der Waals surface area contributed by atoms with Crippen molar-refractivity contribution in [2.75, 3.05) is 6.61 Å². The second-order valence-electron chi connectivity index (χ2n) is 6.01. The van der Waals surface area contributed by atoms with Crippen molar-refractivity contribution in [2.24, 2.45) is 0 Å². The van der Waals surface area contributed by atoms with Crippen LogP contribution in [0.4, 0.5) is 0 Å². The number of allylic oxidation sites excluding steroid dienone is 2. The summed E-state index contributed by atoms with van der Waals surface area (Å²) in [4.78, 5) is 11.8. The van der Waals surface area contributed by atoms with Gasteiger partial charge in [0.1, 0.15) is 0 Å². The predicted molar refractivity (Wildman–Crippen MR) is 97.6 cm³/mol. The van der Waals surface area contributed by atoms with E-state index in [1.165, 1.54) is 44.1 Å². The van der Waals surface area contributed by atoms with Crippen molar-refractivity contribution in [3.8, 4) is 0 Å². The maximum Gasteiger partial charge on any atom is 0.306 e. The molecule has 0 aliphatic rings. The average molecular weight is 316 g/mol. The first kappa shape index (κ1) is 19.5. The molecule has 1 rings (SSSR count). The lowest BCUT2D eigenvalue weighted by atomic mass is 9.95. The molecular weight excluding hydrogens is 284 g/mol. The Balaban J connectivity index is 2.43. The largest absolute Gasteiger partial charge is 0.466 e. The van der Waals surface area contributed by atoms with Gasteiger partial charge in [0.25, 0.3) is 0 Å². The van der Waals surface area contributed by atoms with Crippen LogP contribution in [0.3, 0.4) is 0 Å². The van der Waals surface area contributed by atoms with Crippen LogP contribution < -0.4 is 0 Å². The summed E-state index contributed by atoms with van der Waals surface area (Å²) in [7, 11) is 0. The summed E-state index contributed by atoms with van der Waals surface area (Å²) < 4.78 is 5.10. The molecule has 0 saturated carbocycles.